The summed E-state index contributed by atoms with van der Waals surface area (Å²) in [6, 6.07) is 8.15. The molecule has 1 aliphatic rings. The van der Waals surface area contributed by atoms with Gasteiger partial charge in [0.15, 0.2) is 5.82 Å². The van der Waals surface area contributed by atoms with E-state index < -0.39 is 0 Å². The monoisotopic (exact) mass is 353 g/mol. The number of hydrogen-bond acceptors (Lipinski definition) is 5. The Bertz CT molecular complexity index is 661. The van der Waals surface area contributed by atoms with Crippen LogP contribution in [-0.2, 0) is 6.42 Å². The highest BCUT2D eigenvalue weighted by Crippen LogP contribution is 2.24. The number of pyridine rings is 1. The molecule has 0 amide bonds. The Kier molecular flexibility index (Phi) is 7.09. The summed E-state index contributed by atoms with van der Waals surface area (Å²) in [4.78, 5) is 16.7. The topological polar surface area (TPSA) is 53.9 Å². The van der Waals surface area contributed by atoms with Crippen molar-refractivity contribution in [1.29, 1.82) is 0 Å². The van der Waals surface area contributed by atoms with Crippen molar-refractivity contribution in [3.05, 3.63) is 41.9 Å². The fraction of sp³-hybridized carbons (Fsp3) is 0.571. The third kappa shape index (κ3) is 5.08. The molecule has 1 saturated heterocycles. The van der Waals surface area contributed by atoms with Gasteiger partial charge in [-0.1, -0.05) is 19.9 Å². The van der Waals surface area contributed by atoms with Gasteiger partial charge in [-0.25, -0.2) is 9.97 Å². The molecule has 0 saturated carbocycles. The molecule has 0 bridgehead atoms. The predicted molar refractivity (Wildman–Crippen MR) is 106 cm³/mol. The Morgan fingerprint density at radius 2 is 2.00 bits per heavy atom. The SMILES string of the molecule is CCC(CC)c1cc(CCN2CCCNCC2)nc(-c2ccccn2)n1. The lowest BCUT2D eigenvalue weighted by Gasteiger charge is -2.20. The lowest BCUT2D eigenvalue weighted by molar-refractivity contribution is 0.295. The molecule has 1 aliphatic heterocycles. The molecule has 0 aromatic carbocycles. The molecule has 3 rings (SSSR count). The third-order valence-electron chi connectivity index (χ3n) is 5.21. The molecule has 1 fully saturated rings. The summed E-state index contributed by atoms with van der Waals surface area (Å²) < 4.78 is 0. The van der Waals surface area contributed by atoms with Gasteiger partial charge in [-0.3, -0.25) is 4.98 Å². The van der Waals surface area contributed by atoms with Gasteiger partial charge in [0.2, 0.25) is 0 Å². The van der Waals surface area contributed by atoms with E-state index in [-0.39, 0.29) is 0 Å². The average molecular weight is 354 g/mol. The maximum atomic E-state index is 4.86. The molecule has 0 spiro atoms. The van der Waals surface area contributed by atoms with Crippen molar-refractivity contribution in [3.63, 3.8) is 0 Å². The van der Waals surface area contributed by atoms with Gasteiger partial charge < -0.3 is 10.2 Å². The van der Waals surface area contributed by atoms with Crippen LogP contribution in [0.4, 0.5) is 0 Å². The second kappa shape index (κ2) is 9.74. The third-order valence-corrected chi connectivity index (χ3v) is 5.21. The summed E-state index contributed by atoms with van der Waals surface area (Å²) in [6.45, 7) is 10.0. The van der Waals surface area contributed by atoms with Gasteiger partial charge in [-0.2, -0.15) is 0 Å². The largest absolute Gasteiger partial charge is 0.315 e. The van der Waals surface area contributed by atoms with E-state index in [9.17, 15) is 0 Å². The highest BCUT2D eigenvalue weighted by molar-refractivity contribution is 5.49. The Morgan fingerprint density at radius 1 is 1.12 bits per heavy atom. The van der Waals surface area contributed by atoms with Gasteiger partial charge in [0.1, 0.15) is 5.69 Å². The Balaban J connectivity index is 1.82. The first-order valence-electron chi connectivity index (χ1n) is 10.0. The summed E-state index contributed by atoms with van der Waals surface area (Å²) >= 11 is 0. The molecule has 1 N–H and O–H groups in total. The van der Waals surface area contributed by atoms with Crippen molar-refractivity contribution in [3.8, 4) is 11.5 Å². The van der Waals surface area contributed by atoms with Crippen LogP contribution < -0.4 is 5.32 Å². The Hall–Kier alpha value is -1.85. The molecule has 5 heteroatoms. The highest BCUT2D eigenvalue weighted by atomic mass is 15.1. The van der Waals surface area contributed by atoms with Crippen LogP contribution in [0.15, 0.2) is 30.5 Å². The summed E-state index contributed by atoms with van der Waals surface area (Å²) in [6.07, 6.45) is 6.21. The van der Waals surface area contributed by atoms with Crippen molar-refractivity contribution in [2.75, 3.05) is 32.7 Å². The van der Waals surface area contributed by atoms with Crippen LogP contribution in [0.25, 0.3) is 11.5 Å². The smallest absolute Gasteiger partial charge is 0.178 e. The van der Waals surface area contributed by atoms with Gasteiger partial charge in [0.25, 0.3) is 0 Å². The summed E-state index contributed by atoms with van der Waals surface area (Å²) in [5, 5.41) is 3.47. The Morgan fingerprint density at radius 3 is 2.77 bits per heavy atom. The van der Waals surface area contributed by atoms with E-state index in [1.54, 1.807) is 0 Å². The molecule has 0 radical (unpaired) electrons. The first-order valence-corrected chi connectivity index (χ1v) is 10.0. The van der Waals surface area contributed by atoms with Crippen molar-refractivity contribution in [2.45, 2.75) is 45.4 Å². The van der Waals surface area contributed by atoms with Crippen LogP contribution >= 0.6 is 0 Å². The zero-order chi connectivity index (χ0) is 18.2. The van der Waals surface area contributed by atoms with E-state index in [0.717, 1.165) is 68.3 Å². The van der Waals surface area contributed by atoms with E-state index in [2.05, 4.69) is 35.1 Å². The highest BCUT2D eigenvalue weighted by Gasteiger charge is 2.15. The molecule has 0 aliphatic carbocycles. The van der Waals surface area contributed by atoms with E-state index in [4.69, 9.17) is 9.97 Å². The molecule has 140 valence electrons. The normalized spacial score (nSPS) is 16.0. The van der Waals surface area contributed by atoms with Crippen molar-refractivity contribution < 1.29 is 0 Å². The number of aromatic nitrogens is 3. The zero-order valence-electron chi connectivity index (χ0n) is 16.1. The van der Waals surface area contributed by atoms with Crippen LogP contribution in [0.2, 0.25) is 0 Å². The predicted octanol–water partition coefficient (Wildman–Crippen LogP) is 3.28. The van der Waals surface area contributed by atoms with Gasteiger partial charge in [0, 0.05) is 49.6 Å². The van der Waals surface area contributed by atoms with Crippen molar-refractivity contribution >= 4 is 0 Å². The van der Waals surface area contributed by atoms with Gasteiger partial charge in [-0.15, -0.1) is 0 Å². The lowest BCUT2D eigenvalue weighted by Crippen LogP contribution is -2.30. The summed E-state index contributed by atoms with van der Waals surface area (Å²) in [7, 11) is 0. The number of nitrogens with one attached hydrogen (secondary N) is 1. The first-order chi connectivity index (χ1) is 12.8. The molecule has 26 heavy (non-hydrogen) atoms. The van der Waals surface area contributed by atoms with Crippen LogP contribution in [-0.4, -0.2) is 52.6 Å². The number of rotatable bonds is 7. The molecule has 2 aromatic rings. The standard InChI is InChI=1S/C21H31N5/c1-3-17(4-2)20-16-18(9-14-26-13-7-10-22-12-15-26)24-21(25-20)19-8-5-6-11-23-19/h5-6,8,11,16-17,22H,3-4,7,9-10,12-15H2,1-2H3. The zero-order valence-corrected chi connectivity index (χ0v) is 16.1. The average Bonchev–Trinajstić information content (AvgIpc) is 2.97. The second-order valence-electron chi connectivity index (χ2n) is 7.03. The molecule has 0 atom stereocenters. The van der Waals surface area contributed by atoms with Crippen LogP contribution in [0.5, 0.6) is 0 Å². The molecular formula is C21H31N5. The van der Waals surface area contributed by atoms with E-state index in [1.165, 1.54) is 13.0 Å². The van der Waals surface area contributed by atoms with Crippen LogP contribution in [0.3, 0.4) is 0 Å². The van der Waals surface area contributed by atoms with Crippen LogP contribution in [0.1, 0.15) is 50.4 Å². The van der Waals surface area contributed by atoms with Gasteiger partial charge in [-0.05, 0) is 50.6 Å². The van der Waals surface area contributed by atoms with Crippen molar-refractivity contribution in [1.82, 2.24) is 25.2 Å². The van der Waals surface area contributed by atoms with Gasteiger partial charge in [0.05, 0.1) is 0 Å². The molecule has 3 heterocycles. The van der Waals surface area contributed by atoms with Gasteiger partial charge >= 0.3 is 0 Å². The van der Waals surface area contributed by atoms with Crippen LogP contribution in [0, 0.1) is 0 Å². The maximum Gasteiger partial charge on any atom is 0.178 e. The fourth-order valence-corrected chi connectivity index (χ4v) is 3.57. The minimum Gasteiger partial charge on any atom is -0.315 e. The van der Waals surface area contributed by atoms with E-state index >= 15 is 0 Å². The molecule has 0 unspecified atom stereocenters. The number of hydrogen-bond donors (Lipinski definition) is 1. The summed E-state index contributed by atoms with van der Waals surface area (Å²) in [5.41, 5.74) is 3.17. The molecule has 5 nitrogen and oxygen atoms in total. The van der Waals surface area contributed by atoms with E-state index in [1.807, 2.05) is 24.4 Å². The molecule has 2 aromatic heterocycles. The summed E-state index contributed by atoms with van der Waals surface area (Å²) in [5.74, 6) is 1.25. The first kappa shape index (κ1) is 18.9. The molecular weight excluding hydrogens is 322 g/mol. The lowest BCUT2D eigenvalue weighted by atomic mass is 9.98. The minimum atomic E-state index is 0.488. The quantitative estimate of drug-likeness (QED) is 0.828. The van der Waals surface area contributed by atoms with Crippen molar-refractivity contribution in [2.24, 2.45) is 0 Å². The number of nitrogens with zero attached hydrogens (tertiary/aromatic N) is 4. The minimum absolute atomic E-state index is 0.488. The fourth-order valence-electron chi connectivity index (χ4n) is 3.57. The second-order valence-corrected chi connectivity index (χ2v) is 7.03. The maximum absolute atomic E-state index is 4.86. The van der Waals surface area contributed by atoms with E-state index in [0.29, 0.717) is 5.92 Å². The Labute approximate surface area is 157 Å².